The van der Waals surface area contributed by atoms with Gasteiger partial charge in [-0.15, -0.1) is 0 Å². The summed E-state index contributed by atoms with van der Waals surface area (Å²) in [5.41, 5.74) is -0.338. The van der Waals surface area contributed by atoms with Crippen molar-refractivity contribution >= 4 is 23.6 Å². The molecule has 3 N–H and O–H groups in total. The molecule has 0 aliphatic heterocycles. The van der Waals surface area contributed by atoms with Crippen molar-refractivity contribution in [3.63, 3.8) is 0 Å². The topological polar surface area (TPSA) is 65.5 Å². The molecule has 0 bridgehead atoms. The van der Waals surface area contributed by atoms with E-state index in [1.165, 1.54) is 25.0 Å². The minimum Gasteiger partial charge on any atom is -0.355 e. The summed E-state index contributed by atoms with van der Waals surface area (Å²) in [5.74, 6) is 2.10. The molecule has 6 heteroatoms. The van der Waals surface area contributed by atoms with Gasteiger partial charge in [-0.05, 0) is 25.0 Å². The van der Waals surface area contributed by atoms with E-state index in [-0.39, 0.29) is 11.3 Å². The molecule has 2 atom stereocenters. The van der Waals surface area contributed by atoms with E-state index in [1.807, 2.05) is 20.8 Å². The maximum atomic E-state index is 11.8. The van der Waals surface area contributed by atoms with Crippen molar-refractivity contribution in [3.05, 3.63) is 0 Å². The molecule has 0 aromatic carbocycles. The van der Waals surface area contributed by atoms with E-state index < -0.39 is 0 Å². The second-order valence-corrected chi connectivity index (χ2v) is 8.31. The third-order valence-corrected chi connectivity index (χ3v) is 4.97. The number of nitrogens with zero attached hydrogens (tertiary/aromatic N) is 1. The highest BCUT2D eigenvalue weighted by molar-refractivity contribution is 7.99. The van der Waals surface area contributed by atoms with Crippen LogP contribution in [0.5, 0.6) is 0 Å². The fourth-order valence-corrected chi connectivity index (χ4v) is 3.61. The Balaban J connectivity index is 2.22. The summed E-state index contributed by atoms with van der Waals surface area (Å²) in [6.45, 7) is 9.26. The molecular weight excluding hydrogens is 296 g/mol. The number of hydrogen-bond acceptors (Lipinski definition) is 3. The minimum atomic E-state index is -0.338. The lowest BCUT2D eigenvalue weighted by molar-refractivity contribution is -0.128. The molecule has 1 saturated carbocycles. The summed E-state index contributed by atoms with van der Waals surface area (Å²) in [7, 11) is 1.79. The van der Waals surface area contributed by atoms with Crippen LogP contribution in [0.15, 0.2) is 4.99 Å². The number of nitrogens with one attached hydrogen (secondary N) is 3. The van der Waals surface area contributed by atoms with Crippen molar-refractivity contribution in [3.8, 4) is 0 Å². The average Bonchev–Trinajstić information content (AvgIpc) is 2.88. The Hall–Kier alpha value is -0.910. The predicted molar refractivity (Wildman–Crippen MR) is 96.5 cm³/mol. The molecule has 5 nitrogen and oxygen atoms in total. The van der Waals surface area contributed by atoms with Crippen molar-refractivity contribution < 1.29 is 4.79 Å². The van der Waals surface area contributed by atoms with Gasteiger partial charge in [-0.2, -0.15) is 11.8 Å². The zero-order valence-electron chi connectivity index (χ0n) is 14.7. The summed E-state index contributed by atoms with van der Waals surface area (Å²) in [4.78, 5) is 16.0. The molecule has 0 radical (unpaired) electrons. The van der Waals surface area contributed by atoms with Crippen LogP contribution in [0.3, 0.4) is 0 Å². The Labute approximate surface area is 139 Å². The van der Waals surface area contributed by atoms with Crippen molar-refractivity contribution in [1.29, 1.82) is 0 Å². The average molecular weight is 329 g/mol. The molecule has 0 aromatic rings. The monoisotopic (exact) mass is 328 g/mol. The highest BCUT2D eigenvalue weighted by Crippen LogP contribution is 2.29. The molecule has 2 unspecified atom stereocenters. The smallest absolute Gasteiger partial charge is 0.225 e. The van der Waals surface area contributed by atoms with Gasteiger partial charge in [0.25, 0.3) is 0 Å². The van der Waals surface area contributed by atoms with E-state index in [2.05, 4.69) is 39.6 Å². The first kappa shape index (κ1) is 19.1. The van der Waals surface area contributed by atoms with Crippen LogP contribution in [0.2, 0.25) is 0 Å². The Morgan fingerprint density at radius 1 is 1.23 bits per heavy atom. The molecular formula is C16H32N4OS. The molecule has 22 heavy (non-hydrogen) atoms. The predicted octanol–water partition coefficient (Wildman–Crippen LogP) is 1.99. The van der Waals surface area contributed by atoms with Gasteiger partial charge < -0.3 is 16.0 Å². The van der Waals surface area contributed by atoms with Gasteiger partial charge in [0.15, 0.2) is 5.96 Å². The Morgan fingerprint density at radius 2 is 1.91 bits per heavy atom. The molecule has 1 aliphatic rings. The number of thioether (sulfide) groups is 1. The van der Waals surface area contributed by atoms with E-state index in [1.54, 1.807) is 7.05 Å². The first-order valence-electron chi connectivity index (χ1n) is 8.24. The Morgan fingerprint density at radius 3 is 2.50 bits per heavy atom. The number of rotatable bonds is 6. The van der Waals surface area contributed by atoms with Crippen LogP contribution in [0.1, 0.15) is 47.0 Å². The number of amides is 1. The lowest BCUT2D eigenvalue weighted by Crippen LogP contribution is -2.46. The second kappa shape index (κ2) is 9.28. The normalized spacial score (nSPS) is 22.5. The van der Waals surface area contributed by atoms with E-state index >= 15 is 0 Å². The minimum absolute atomic E-state index is 0.0764. The number of aliphatic imine (C=N–C) groups is 1. The van der Waals surface area contributed by atoms with Gasteiger partial charge in [0.2, 0.25) is 5.91 Å². The van der Waals surface area contributed by atoms with Crippen molar-refractivity contribution in [2.75, 3.05) is 25.9 Å². The molecule has 1 amide bonds. The first-order chi connectivity index (χ1) is 10.4. The summed E-state index contributed by atoms with van der Waals surface area (Å²) < 4.78 is 0. The van der Waals surface area contributed by atoms with Crippen LogP contribution in [-0.4, -0.2) is 49.0 Å². The standard InChI is InChI=1S/C16H32N4OS/c1-6-22-13-8-7-12(11-13)20-15(17-5)19-10-9-18-14(21)16(2,3)4/h12-13H,6-11H2,1-5H3,(H,18,21)(H2,17,19,20). The van der Waals surface area contributed by atoms with Gasteiger partial charge in [-0.25, -0.2) is 0 Å². The first-order valence-corrected chi connectivity index (χ1v) is 9.28. The second-order valence-electron chi connectivity index (χ2n) is 6.74. The number of hydrogen-bond donors (Lipinski definition) is 3. The van der Waals surface area contributed by atoms with E-state index in [4.69, 9.17) is 0 Å². The van der Waals surface area contributed by atoms with Gasteiger partial charge in [0.05, 0.1) is 0 Å². The third kappa shape index (κ3) is 6.90. The highest BCUT2D eigenvalue weighted by atomic mass is 32.2. The molecule has 1 fully saturated rings. The molecule has 1 aliphatic carbocycles. The van der Waals surface area contributed by atoms with Crippen molar-refractivity contribution in [1.82, 2.24) is 16.0 Å². The SMILES string of the molecule is CCSC1CCC(NC(=NC)NCCNC(=O)C(C)(C)C)C1. The number of carbonyl (C=O) groups excluding carboxylic acids is 1. The zero-order valence-corrected chi connectivity index (χ0v) is 15.5. The quantitative estimate of drug-likeness (QED) is 0.396. The van der Waals surface area contributed by atoms with Gasteiger partial charge >= 0.3 is 0 Å². The largest absolute Gasteiger partial charge is 0.355 e. The van der Waals surface area contributed by atoms with Crippen LogP contribution in [0.25, 0.3) is 0 Å². The maximum Gasteiger partial charge on any atom is 0.225 e. The molecule has 0 heterocycles. The van der Waals surface area contributed by atoms with E-state index in [0.717, 1.165) is 11.2 Å². The van der Waals surface area contributed by atoms with Gasteiger partial charge in [0.1, 0.15) is 0 Å². The van der Waals surface area contributed by atoms with Crippen LogP contribution >= 0.6 is 11.8 Å². The van der Waals surface area contributed by atoms with Crippen LogP contribution < -0.4 is 16.0 Å². The van der Waals surface area contributed by atoms with Gasteiger partial charge in [0, 0.05) is 36.8 Å². The summed E-state index contributed by atoms with van der Waals surface area (Å²) in [6.07, 6.45) is 3.70. The van der Waals surface area contributed by atoms with Crippen molar-refractivity contribution in [2.45, 2.75) is 58.2 Å². The fraction of sp³-hybridized carbons (Fsp3) is 0.875. The highest BCUT2D eigenvalue weighted by Gasteiger charge is 2.25. The lowest BCUT2D eigenvalue weighted by atomic mass is 9.96. The summed E-state index contributed by atoms with van der Waals surface area (Å²) in [6, 6.07) is 0.513. The third-order valence-electron chi connectivity index (χ3n) is 3.74. The van der Waals surface area contributed by atoms with Crippen molar-refractivity contribution in [2.24, 2.45) is 10.4 Å². The maximum absolute atomic E-state index is 11.8. The lowest BCUT2D eigenvalue weighted by Gasteiger charge is -2.19. The van der Waals surface area contributed by atoms with Gasteiger partial charge in [-0.1, -0.05) is 27.7 Å². The number of guanidine groups is 1. The van der Waals surface area contributed by atoms with Gasteiger partial charge in [-0.3, -0.25) is 9.79 Å². The molecule has 1 rings (SSSR count). The van der Waals surface area contributed by atoms with Crippen LogP contribution in [-0.2, 0) is 4.79 Å². The Kier molecular flexibility index (Phi) is 8.07. The van der Waals surface area contributed by atoms with Crippen LogP contribution in [0.4, 0.5) is 0 Å². The summed E-state index contributed by atoms with van der Waals surface area (Å²) >= 11 is 2.06. The molecule has 0 spiro atoms. The Bertz CT molecular complexity index is 379. The zero-order chi connectivity index (χ0) is 16.6. The fourth-order valence-electron chi connectivity index (χ4n) is 2.47. The molecule has 128 valence electrons. The number of carbonyl (C=O) groups is 1. The van der Waals surface area contributed by atoms with Crippen LogP contribution in [0, 0.1) is 5.41 Å². The molecule has 0 aromatic heterocycles. The molecule has 0 saturated heterocycles. The van der Waals surface area contributed by atoms with E-state index in [9.17, 15) is 4.79 Å². The summed E-state index contributed by atoms with van der Waals surface area (Å²) in [5, 5.41) is 10.5. The van der Waals surface area contributed by atoms with E-state index in [0.29, 0.717) is 19.1 Å².